The Kier molecular flexibility index (Phi) is 6.49. The summed E-state index contributed by atoms with van der Waals surface area (Å²) in [5.74, 6) is -0.987. The molecule has 0 aliphatic rings. The van der Waals surface area contributed by atoms with E-state index >= 15 is 0 Å². The van der Waals surface area contributed by atoms with Crippen molar-refractivity contribution in [1.82, 2.24) is 5.32 Å². The summed E-state index contributed by atoms with van der Waals surface area (Å²) in [4.78, 5) is 22.8. The quantitative estimate of drug-likeness (QED) is 0.597. The van der Waals surface area contributed by atoms with E-state index in [1.807, 2.05) is 20.8 Å². The van der Waals surface area contributed by atoms with Crippen molar-refractivity contribution >= 4 is 23.5 Å². The third-order valence-electron chi connectivity index (χ3n) is 1.85. The molecule has 0 aliphatic heterocycles. The fourth-order valence-corrected chi connectivity index (χ4v) is 0.994. The summed E-state index contributed by atoms with van der Waals surface area (Å²) < 4.78 is 10.0. The zero-order chi connectivity index (χ0) is 13.6. The van der Waals surface area contributed by atoms with Crippen LogP contribution in [0.2, 0.25) is 0 Å². The second-order valence-corrected chi connectivity index (χ2v) is 5.28. The van der Waals surface area contributed by atoms with Gasteiger partial charge in [0.1, 0.15) is 5.38 Å². The van der Waals surface area contributed by atoms with Crippen molar-refractivity contribution in [1.29, 1.82) is 0 Å². The van der Waals surface area contributed by atoms with Crippen molar-refractivity contribution < 1.29 is 19.1 Å². The van der Waals surface area contributed by atoms with Gasteiger partial charge < -0.3 is 14.8 Å². The van der Waals surface area contributed by atoms with E-state index in [9.17, 15) is 9.59 Å². The molecule has 1 N–H and O–H groups in total. The Bertz CT molecular complexity index is 273. The van der Waals surface area contributed by atoms with Gasteiger partial charge in [-0.2, -0.15) is 0 Å². The van der Waals surface area contributed by atoms with Crippen molar-refractivity contribution in [2.75, 3.05) is 13.7 Å². The van der Waals surface area contributed by atoms with Crippen molar-refractivity contribution in [2.24, 2.45) is 0 Å². The van der Waals surface area contributed by atoms with Crippen molar-refractivity contribution in [3.8, 4) is 0 Å². The summed E-state index contributed by atoms with van der Waals surface area (Å²) in [6, 6.07) is -0.840. The lowest BCUT2D eigenvalue weighted by Crippen LogP contribution is -2.48. The first-order valence-electron chi connectivity index (χ1n) is 5.33. The molecule has 0 saturated heterocycles. The van der Waals surface area contributed by atoms with Gasteiger partial charge >= 0.3 is 5.97 Å². The third-order valence-corrected chi connectivity index (χ3v) is 2.04. The molecule has 17 heavy (non-hydrogen) atoms. The van der Waals surface area contributed by atoms with Gasteiger partial charge in [-0.15, -0.1) is 11.6 Å². The van der Waals surface area contributed by atoms with Crippen LogP contribution in [0.4, 0.5) is 0 Å². The van der Waals surface area contributed by atoms with Crippen LogP contribution in [0.25, 0.3) is 0 Å². The Morgan fingerprint density at radius 2 is 1.88 bits per heavy atom. The molecule has 0 aromatic rings. The lowest BCUT2D eigenvalue weighted by atomic mass is 10.2. The second-order valence-electron chi connectivity index (χ2n) is 4.62. The van der Waals surface area contributed by atoms with Crippen LogP contribution in [0, 0.1) is 0 Å². The number of carbonyl (C=O) groups is 2. The summed E-state index contributed by atoms with van der Waals surface area (Å²) in [6.07, 6.45) is 0. The average molecular weight is 266 g/mol. The van der Waals surface area contributed by atoms with Gasteiger partial charge in [0.15, 0.2) is 6.04 Å². The first-order valence-corrected chi connectivity index (χ1v) is 5.77. The van der Waals surface area contributed by atoms with Gasteiger partial charge in [0.25, 0.3) is 0 Å². The topological polar surface area (TPSA) is 64.6 Å². The summed E-state index contributed by atoms with van der Waals surface area (Å²) in [5, 5.41) is 1.76. The van der Waals surface area contributed by atoms with Gasteiger partial charge in [0.05, 0.1) is 19.3 Å². The lowest BCUT2D eigenvalue weighted by Gasteiger charge is -2.24. The minimum Gasteiger partial charge on any atom is -0.467 e. The van der Waals surface area contributed by atoms with Crippen LogP contribution >= 0.6 is 11.6 Å². The molecule has 5 nitrogen and oxygen atoms in total. The van der Waals surface area contributed by atoms with Crippen LogP contribution < -0.4 is 5.32 Å². The molecule has 0 aromatic carbocycles. The standard InChI is InChI=1S/C11H20ClNO4/c1-7(12)9(14)13-8(10(15)16-5)6-17-11(2,3)4/h7-8H,6H2,1-5H3,(H,13,14)/t7?,8-/m0/s1. The fourth-order valence-electron chi connectivity index (χ4n) is 0.931. The molecule has 0 spiro atoms. The number of halogens is 1. The maximum absolute atomic E-state index is 11.4. The monoisotopic (exact) mass is 265 g/mol. The van der Waals surface area contributed by atoms with E-state index in [-0.39, 0.29) is 6.61 Å². The van der Waals surface area contributed by atoms with Crippen molar-refractivity contribution in [2.45, 2.75) is 44.7 Å². The van der Waals surface area contributed by atoms with E-state index in [0.717, 1.165) is 0 Å². The predicted molar refractivity (Wildman–Crippen MR) is 65.0 cm³/mol. The number of ether oxygens (including phenoxy) is 2. The van der Waals surface area contributed by atoms with Crippen molar-refractivity contribution in [3.05, 3.63) is 0 Å². The number of nitrogens with one attached hydrogen (secondary N) is 1. The normalized spacial score (nSPS) is 14.9. The van der Waals surface area contributed by atoms with Gasteiger partial charge in [-0.3, -0.25) is 4.79 Å². The predicted octanol–water partition coefficient (Wildman–Crippen LogP) is 1.09. The van der Waals surface area contributed by atoms with E-state index in [4.69, 9.17) is 16.3 Å². The molecule has 100 valence electrons. The van der Waals surface area contributed by atoms with E-state index in [1.54, 1.807) is 0 Å². The maximum atomic E-state index is 11.4. The van der Waals surface area contributed by atoms with Gasteiger partial charge in [-0.25, -0.2) is 4.79 Å². The number of hydrogen-bond acceptors (Lipinski definition) is 4. The lowest BCUT2D eigenvalue weighted by molar-refractivity contribution is -0.148. The van der Waals surface area contributed by atoms with Crippen LogP contribution in [0.15, 0.2) is 0 Å². The van der Waals surface area contributed by atoms with Crippen molar-refractivity contribution in [3.63, 3.8) is 0 Å². The summed E-state index contributed by atoms with van der Waals surface area (Å²) in [6.45, 7) is 7.13. The highest BCUT2D eigenvalue weighted by molar-refractivity contribution is 6.30. The van der Waals surface area contributed by atoms with E-state index in [2.05, 4.69) is 10.1 Å². The molecule has 0 fully saturated rings. The highest BCUT2D eigenvalue weighted by Gasteiger charge is 2.25. The smallest absolute Gasteiger partial charge is 0.330 e. The minimum atomic E-state index is -0.840. The Hall–Kier alpha value is -0.810. The zero-order valence-electron chi connectivity index (χ0n) is 10.9. The second kappa shape index (κ2) is 6.81. The molecule has 0 heterocycles. The molecular formula is C11H20ClNO4. The largest absolute Gasteiger partial charge is 0.467 e. The Morgan fingerprint density at radius 1 is 1.35 bits per heavy atom. The highest BCUT2D eigenvalue weighted by Crippen LogP contribution is 2.08. The number of rotatable bonds is 5. The maximum Gasteiger partial charge on any atom is 0.330 e. The van der Waals surface area contributed by atoms with Gasteiger partial charge in [-0.05, 0) is 27.7 Å². The molecule has 0 bridgehead atoms. The van der Waals surface area contributed by atoms with E-state index in [1.165, 1.54) is 14.0 Å². The van der Waals surface area contributed by atoms with E-state index in [0.29, 0.717) is 0 Å². The van der Waals surface area contributed by atoms with Crippen LogP contribution in [0.5, 0.6) is 0 Å². The Labute approximate surface area is 107 Å². The van der Waals surface area contributed by atoms with Crippen LogP contribution in [-0.4, -0.2) is 42.6 Å². The number of amides is 1. The van der Waals surface area contributed by atoms with Crippen LogP contribution in [0.1, 0.15) is 27.7 Å². The SMILES string of the molecule is COC(=O)[C@H](COC(C)(C)C)NC(=O)C(C)Cl. The Morgan fingerprint density at radius 3 is 2.24 bits per heavy atom. The molecule has 0 aliphatic carbocycles. The summed E-state index contributed by atoms with van der Waals surface area (Å²) >= 11 is 5.61. The molecule has 6 heteroatoms. The zero-order valence-corrected chi connectivity index (χ0v) is 11.6. The average Bonchev–Trinajstić information content (AvgIpc) is 2.21. The Balaban J connectivity index is 4.45. The third kappa shape index (κ3) is 7.18. The highest BCUT2D eigenvalue weighted by atomic mass is 35.5. The number of methoxy groups -OCH3 is 1. The molecule has 0 rings (SSSR count). The number of hydrogen-bond donors (Lipinski definition) is 1. The van der Waals surface area contributed by atoms with Gasteiger partial charge in [0.2, 0.25) is 5.91 Å². The molecule has 0 radical (unpaired) electrons. The van der Waals surface area contributed by atoms with Gasteiger partial charge in [0, 0.05) is 0 Å². The number of alkyl halides is 1. The molecule has 0 aromatic heterocycles. The summed E-state index contributed by atoms with van der Waals surface area (Å²) in [5.41, 5.74) is -0.399. The van der Waals surface area contributed by atoms with Crippen LogP contribution in [-0.2, 0) is 19.1 Å². The van der Waals surface area contributed by atoms with E-state index < -0.39 is 28.9 Å². The molecule has 2 atom stereocenters. The first-order chi connectivity index (χ1) is 7.67. The molecule has 1 unspecified atom stereocenters. The fraction of sp³-hybridized carbons (Fsp3) is 0.818. The summed E-state index contributed by atoms with van der Waals surface area (Å²) in [7, 11) is 1.25. The van der Waals surface area contributed by atoms with Gasteiger partial charge in [-0.1, -0.05) is 0 Å². The number of carbonyl (C=O) groups excluding carboxylic acids is 2. The minimum absolute atomic E-state index is 0.0471. The molecule has 0 saturated carbocycles. The first kappa shape index (κ1) is 16.2. The molecular weight excluding hydrogens is 246 g/mol. The molecule has 1 amide bonds. The van der Waals surface area contributed by atoms with Crippen LogP contribution in [0.3, 0.4) is 0 Å². The number of esters is 1.